The van der Waals surface area contributed by atoms with Crippen molar-refractivity contribution in [2.24, 2.45) is 0 Å². The summed E-state index contributed by atoms with van der Waals surface area (Å²) in [7, 11) is 1.38. The SMILES string of the molecule is COc1cc2ccc(=O)oc2cc1O[C@@H]1O[C@@H](CO[C@@H]2OC[C@](O)(CO)[C@H]2O)[C@H](O)[C@@H](O)[C@@H]1O. The van der Waals surface area contributed by atoms with Crippen LogP contribution < -0.4 is 15.1 Å². The average molecular weight is 486 g/mol. The first-order chi connectivity index (χ1) is 16.2. The number of aliphatic hydroxyl groups is 6. The molecule has 8 atom stereocenters. The number of ether oxygens (including phenoxy) is 5. The lowest BCUT2D eigenvalue weighted by molar-refractivity contribution is -0.289. The molecule has 4 rings (SSSR count). The van der Waals surface area contributed by atoms with E-state index in [4.69, 9.17) is 28.1 Å². The van der Waals surface area contributed by atoms with Gasteiger partial charge in [0, 0.05) is 17.5 Å². The number of methoxy groups -OCH3 is 1. The third kappa shape index (κ3) is 4.62. The molecule has 2 saturated heterocycles. The largest absolute Gasteiger partial charge is 0.493 e. The first-order valence-electron chi connectivity index (χ1n) is 10.4. The third-order valence-electron chi connectivity index (χ3n) is 5.82. The number of hydrogen-bond acceptors (Lipinski definition) is 13. The van der Waals surface area contributed by atoms with E-state index in [1.165, 1.54) is 31.4 Å². The van der Waals surface area contributed by atoms with Gasteiger partial charge in [0.2, 0.25) is 6.29 Å². The summed E-state index contributed by atoms with van der Waals surface area (Å²) >= 11 is 0. The van der Waals surface area contributed by atoms with Gasteiger partial charge in [0.25, 0.3) is 0 Å². The van der Waals surface area contributed by atoms with Crippen LogP contribution in [0.3, 0.4) is 0 Å². The van der Waals surface area contributed by atoms with E-state index in [2.05, 4.69) is 0 Å². The predicted molar refractivity (Wildman–Crippen MR) is 110 cm³/mol. The summed E-state index contributed by atoms with van der Waals surface area (Å²) in [5.41, 5.74) is -2.31. The van der Waals surface area contributed by atoms with Crippen LogP contribution in [-0.2, 0) is 14.2 Å². The Morgan fingerprint density at radius 2 is 1.82 bits per heavy atom. The molecule has 13 heteroatoms. The molecule has 0 saturated carbocycles. The molecule has 0 aliphatic carbocycles. The van der Waals surface area contributed by atoms with E-state index in [1.54, 1.807) is 0 Å². The minimum atomic E-state index is -1.90. The van der Waals surface area contributed by atoms with Gasteiger partial charge < -0.3 is 58.7 Å². The zero-order valence-electron chi connectivity index (χ0n) is 18.0. The molecule has 0 spiro atoms. The van der Waals surface area contributed by atoms with Crippen molar-refractivity contribution in [1.82, 2.24) is 0 Å². The predicted octanol–water partition coefficient (Wildman–Crippen LogP) is -2.55. The second kappa shape index (κ2) is 9.73. The lowest BCUT2D eigenvalue weighted by Crippen LogP contribution is -2.60. The van der Waals surface area contributed by atoms with E-state index in [0.29, 0.717) is 5.39 Å². The summed E-state index contributed by atoms with van der Waals surface area (Å²) < 4.78 is 32.2. The molecule has 2 aromatic rings. The summed E-state index contributed by atoms with van der Waals surface area (Å²) in [6.07, 6.45) is -10.6. The average Bonchev–Trinajstić information content (AvgIpc) is 3.12. The molecule has 2 aliphatic rings. The molecule has 34 heavy (non-hydrogen) atoms. The fraction of sp³-hybridized carbons (Fsp3) is 0.571. The fourth-order valence-corrected chi connectivity index (χ4v) is 3.73. The Morgan fingerprint density at radius 1 is 1.06 bits per heavy atom. The number of fused-ring (bicyclic) bond motifs is 1. The summed E-state index contributed by atoms with van der Waals surface area (Å²) in [5, 5.41) is 60.9. The van der Waals surface area contributed by atoms with Crippen LogP contribution in [0.2, 0.25) is 0 Å². The van der Waals surface area contributed by atoms with E-state index < -0.39 is 67.5 Å². The Labute approximate surface area is 192 Å². The summed E-state index contributed by atoms with van der Waals surface area (Å²) in [4.78, 5) is 11.5. The number of aliphatic hydroxyl groups excluding tert-OH is 5. The van der Waals surface area contributed by atoms with Crippen LogP contribution in [-0.4, -0.2) is 106 Å². The van der Waals surface area contributed by atoms with E-state index in [0.717, 1.165) is 0 Å². The van der Waals surface area contributed by atoms with Crippen molar-refractivity contribution in [2.45, 2.75) is 48.7 Å². The molecule has 1 aromatic heterocycles. The van der Waals surface area contributed by atoms with Crippen molar-refractivity contribution in [1.29, 1.82) is 0 Å². The van der Waals surface area contributed by atoms with Crippen molar-refractivity contribution >= 4 is 11.0 Å². The van der Waals surface area contributed by atoms with Crippen LogP contribution in [0, 0.1) is 0 Å². The smallest absolute Gasteiger partial charge is 0.336 e. The molecule has 1 aromatic carbocycles. The molecule has 2 aliphatic heterocycles. The summed E-state index contributed by atoms with van der Waals surface area (Å²) in [6.45, 7) is -1.57. The minimum Gasteiger partial charge on any atom is -0.493 e. The standard InChI is InChI=1S/C21H26O13/c1-29-11-4-9-2-3-14(23)32-10(9)5-12(11)33-19-17(26)16(25)15(24)13(34-19)6-30-20-18(27)21(28,7-22)8-31-20/h2-5,13,15-20,22,24-28H,6-8H2,1H3/t13-,15-,16+,17-,18-,19+,20+,21+/m0/s1. The van der Waals surface area contributed by atoms with Gasteiger partial charge in [-0.05, 0) is 12.1 Å². The molecule has 0 radical (unpaired) electrons. The third-order valence-corrected chi connectivity index (χ3v) is 5.82. The van der Waals surface area contributed by atoms with Crippen LogP contribution in [0.25, 0.3) is 11.0 Å². The van der Waals surface area contributed by atoms with Crippen LogP contribution in [0.1, 0.15) is 0 Å². The molecular weight excluding hydrogens is 460 g/mol. The maximum absolute atomic E-state index is 11.5. The Hall–Kier alpha value is -2.33. The van der Waals surface area contributed by atoms with Gasteiger partial charge in [-0.3, -0.25) is 0 Å². The van der Waals surface area contributed by atoms with E-state index in [1.807, 2.05) is 0 Å². The molecule has 0 unspecified atom stereocenters. The van der Waals surface area contributed by atoms with Crippen LogP contribution >= 0.6 is 0 Å². The molecule has 6 N–H and O–H groups in total. The number of benzene rings is 1. The van der Waals surface area contributed by atoms with Gasteiger partial charge in [-0.1, -0.05) is 0 Å². The Bertz CT molecular complexity index is 1060. The highest BCUT2D eigenvalue weighted by molar-refractivity contribution is 5.80. The molecule has 0 bridgehead atoms. The highest BCUT2D eigenvalue weighted by atomic mass is 16.7. The summed E-state index contributed by atoms with van der Waals surface area (Å²) in [6, 6.07) is 5.66. The van der Waals surface area contributed by atoms with E-state index >= 15 is 0 Å². The van der Waals surface area contributed by atoms with Crippen LogP contribution in [0.15, 0.2) is 33.5 Å². The topological polar surface area (TPSA) is 198 Å². The van der Waals surface area contributed by atoms with Gasteiger partial charge in [-0.25, -0.2) is 4.79 Å². The highest BCUT2D eigenvalue weighted by Gasteiger charge is 2.50. The lowest BCUT2D eigenvalue weighted by atomic mass is 9.99. The van der Waals surface area contributed by atoms with Gasteiger partial charge in [0.1, 0.15) is 41.7 Å². The molecular formula is C21H26O13. The van der Waals surface area contributed by atoms with Crippen molar-refractivity contribution < 1.29 is 58.7 Å². The van der Waals surface area contributed by atoms with Crippen molar-refractivity contribution in [3.05, 3.63) is 34.7 Å². The summed E-state index contributed by atoms with van der Waals surface area (Å²) in [5.74, 6) is 0.246. The maximum Gasteiger partial charge on any atom is 0.336 e. The molecule has 13 nitrogen and oxygen atoms in total. The monoisotopic (exact) mass is 486 g/mol. The maximum atomic E-state index is 11.5. The van der Waals surface area contributed by atoms with Gasteiger partial charge in [-0.15, -0.1) is 0 Å². The molecule has 188 valence electrons. The Balaban J connectivity index is 1.50. The van der Waals surface area contributed by atoms with E-state index in [-0.39, 0.29) is 23.7 Å². The normalized spacial score (nSPS) is 36.0. The minimum absolute atomic E-state index is 0.0271. The van der Waals surface area contributed by atoms with E-state index in [9.17, 15) is 35.4 Å². The van der Waals surface area contributed by atoms with Gasteiger partial charge in [0.15, 0.2) is 17.8 Å². The first kappa shape index (κ1) is 24.8. The molecule has 0 amide bonds. The zero-order chi connectivity index (χ0) is 24.6. The van der Waals surface area contributed by atoms with Crippen molar-refractivity contribution in [2.75, 3.05) is 26.9 Å². The number of rotatable bonds is 7. The van der Waals surface area contributed by atoms with Gasteiger partial charge >= 0.3 is 5.63 Å². The number of hydrogen-bond donors (Lipinski definition) is 6. The lowest BCUT2D eigenvalue weighted by Gasteiger charge is -2.40. The van der Waals surface area contributed by atoms with Crippen molar-refractivity contribution in [3.63, 3.8) is 0 Å². The second-order valence-corrected chi connectivity index (χ2v) is 8.15. The second-order valence-electron chi connectivity index (χ2n) is 8.15. The quantitative estimate of drug-likeness (QED) is 0.224. The Kier molecular flexibility index (Phi) is 7.09. The molecule has 2 fully saturated rings. The fourth-order valence-electron chi connectivity index (χ4n) is 3.73. The Morgan fingerprint density at radius 3 is 2.50 bits per heavy atom. The first-order valence-corrected chi connectivity index (χ1v) is 10.4. The van der Waals surface area contributed by atoms with Gasteiger partial charge in [0.05, 0.1) is 26.9 Å². The van der Waals surface area contributed by atoms with Gasteiger partial charge in [-0.2, -0.15) is 0 Å². The van der Waals surface area contributed by atoms with Crippen molar-refractivity contribution in [3.8, 4) is 11.5 Å². The molecule has 3 heterocycles. The van der Waals surface area contributed by atoms with Crippen LogP contribution in [0.4, 0.5) is 0 Å². The highest BCUT2D eigenvalue weighted by Crippen LogP contribution is 2.35. The zero-order valence-corrected chi connectivity index (χ0v) is 18.0. The van der Waals surface area contributed by atoms with Crippen LogP contribution in [0.5, 0.6) is 11.5 Å².